The Kier molecular flexibility index (Phi) is 3.72. The summed E-state index contributed by atoms with van der Waals surface area (Å²) in [6, 6.07) is 3.32. The third-order valence-corrected chi connectivity index (χ3v) is 3.10. The lowest BCUT2D eigenvalue weighted by atomic mass is 10.3. The molecule has 4 heteroatoms. The van der Waals surface area contributed by atoms with E-state index in [0.29, 0.717) is 0 Å². The highest BCUT2D eigenvalue weighted by molar-refractivity contribution is 5.43. The third-order valence-electron chi connectivity index (χ3n) is 3.10. The SMILES string of the molecule is CN(CCN1CCCC1)c1ccnc(F)c1. The van der Waals surface area contributed by atoms with Gasteiger partial charge in [-0.25, -0.2) is 4.98 Å². The lowest BCUT2D eigenvalue weighted by Crippen LogP contribution is -2.31. The van der Waals surface area contributed by atoms with Crippen LogP contribution in [0.15, 0.2) is 18.3 Å². The van der Waals surface area contributed by atoms with Crippen LogP contribution in [0.1, 0.15) is 12.8 Å². The first-order valence-corrected chi connectivity index (χ1v) is 5.81. The Bertz CT molecular complexity index is 337. The van der Waals surface area contributed by atoms with Gasteiger partial charge in [0.1, 0.15) is 0 Å². The molecule has 1 saturated heterocycles. The lowest BCUT2D eigenvalue weighted by Gasteiger charge is -2.22. The Morgan fingerprint density at radius 2 is 2.19 bits per heavy atom. The van der Waals surface area contributed by atoms with Gasteiger partial charge in [-0.3, -0.25) is 0 Å². The lowest BCUT2D eigenvalue weighted by molar-refractivity contribution is 0.346. The number of rotatable bonds is 4. The van der Waals surface area contributed by atoms with Crippen molar-refractivity contribution in [2.45, 2.75) is 12.8 Å². The molecule has 2 rings (SSSR count). The monoisotopic (exact) mass is 223 g/mol. The number of aromatic nitrogens is 1. The van der Waals surface area contributed by atoms with E-state index in [0.717, 1.165) is 18.8 Å². The van der Waals surface area contributed by atoms with Gasteiger partial charge in [-0.05, 0) is 32.0 Å². The number of pyridine rings is 1. The minimum atomic E-state index is -0.412. The summed E-state index contributed by atoms with van der Waals surface area (Å²) in [6.45, 7) is 4.40. The van der Waals surface area contributed by atoms with Crippen molar-refractivity contribution in [2.75, 3.05) is 38.1 Å². The number of hydrogen-bond acceptors (Lipinski definition) is 3. The average Bonchev–Trinajstić information content (AvgIpc) is 2.78. The fourth-order valence-corrected chi connectivity index (χ4v) is 2.06. The number of likely N-dealkylation sites (N-methyl/N-ethyl adjacent to an activating group) is 1. The topological polar surface area (TPSA) is 19.4 Å². The molecule has 0 radical (unpaired) electrons. The Morgan fingerprint density at radius 1 is 1.44 bits per heavy atom. The molecule has 1 aliphatic rings. The molecular formula is C12H18FN3. The molecule has 88 valence electrons. The summed E-state index contributed by atoms with van der Waals surface area (Å²) < 4.78 is 12.9. The van der Waals surface area contributed by atoms with Crippen molar-refractivity contribution < 1.29 is 4.39 Å². The van der Waals surface area contributed by atoms with Crippen molar-refractivity contribution in [2.24, 2.45) is 0 Å². The molecule has 0 amide bonds. The molecule has 16 heavy (non-hydrogen) atoms. The summed E-state index contributed by atoms with van der Waals surface area (Å²) in [5.74, 6) is -0.412. The Hall–Kier alpha value is -1.16. The molecule has 1 aliphatic heterocycles. The van der Waals surface area contributed by atoms with Crippen LogP contribution in [-0.2, 0) is 0 Å². The molecule has 0 aliphatic carbocycles. The molecule has 0 unspecified atom stereocenters. The average molecular weight is 223 g/mol. The molecular weight excluding hydrogens is 205 g/mol. The minimum absolute atomic E-state index is 0.412. The van der Waals surface area contributed by atoms with Crippen LogP contribution in [0.25, 0.3) is 0 Å². The van der Waals surface area contributed by atoms with E-state index in [4.69, 9.17) is 0 Å². The fraction of sp³-hybridized carbons (Fsp3) is 0.583. The second-order valence-corrected chi connectivity index (χ2v) is 4.31. The van der Waals surface area contributed by atoms with Crippen molar-refractivity contribution in [3.63, 3.8) is 0 Å². The third kappa shape index (κ3) is 2.92. The summed E-state index contributed by atoms with van der Waals surface area (Å²) in [4.78, 5) is 8.08. The molecule has 1 fully saturated rings. The first-order valence-electron chi connectivity index (χ1n) is 5.81. The summed E-state index contributed by atoms with van der Waals surface area (Å²) >= 11 is 0. The molecule has 3 nitrogen and oxygen atoms in total. The summed E-state index contributed by atoms with van der Waals surface area (Å²) in [6.07, 6.45) is 4.14. The van der Waals surface area contributed by atoms with Gasteiger partial charge < -0.3 is 9.80 Å². The number of anilines is 1. The van der Waals surface area contributed by atoms with Gasteiger partial charge in [0.15, 0.2) is 0 Å². The maximum absolute atomic E-state index is 12.9. The number of nitrogens with zero attached hydrogens (tertiary/aromatic N) is 3. The zero-order chi connectivity index (χ0) is 11.4. The van der Waals surface area contributed by atoms with Crippen molar-refractivity contribution in [3.8, 4) is 0 Å². The molecule has 1 aromatic heterocycles. The van der Waals surface area contributed by atoms with E-state index in [1.165, 1.54) is 38.2 Å². The highest BCUT2D eigenvalue weighted by Crippen LogP contribution is 2.13. The van der Waals surface area contributed by atoms with Gasteiger partial charge in [0.2, 0.25) is 5.95 Å². The summed E-state index contributed by atoms with van der Waals surface area (Å²) in [7, 11) is 1.99. The van der Waals surface area contributed by atoms with Gasteiger partial charge in [0, 0.05) is 38.1 Å². The van der Waals surface area contributed by atoms with E-state index in [1.54, 1.807) is 0 Å². The molecule has 0 saturated carbocycles. The van der Waals surface area contributed by atoms with E-state index < -0.39 is 5.95 Å². The van der Waals surface area contributed by atoms with E-state index in [2.05, 4.69) is 14.8 Å². The van der Waals surface area contributed by atoms with Gasteiger partial charge in [-0.2, -0.15) is 4.39 Å². The quantitative estimate of drug-likeness (QED) is 0.725. The van der Waals surface area contributed by atoms with E-state index in [9.17, 15) is 4.39 Å². The highest BCUT2D eigenvalue weighted by atomic mass is 19.1. The minimum Gasteiger partial charge on any atom is -0.373 e. The van der Waals surface area contributed by atoms with Crippen molar-refractivity contribution >= 4 is 5.69 Å². The van der Waals surface area contributed by atoms with Gasteiger partial charge in [0.05, 0.1) is 0 Å². The molecule has 0 atom stereocenters. The first kappa shape index (κ1) is 11.3. The van der Waals surface area contributed by atoms with Crippen LogP contribution in [0.5, 0.6) is 0 Å². The molecule has 0 bridgehead atoms. The van der Waals surface area contributed by atoms with Crippen LogP contribution >= 0.6 is 0 Å². The van der Waals surface area contributed by atoms with Gasteiger partial charge >= 0.3 is 0 Å². The number of halogens is 1. The Labute approximate surface area is 95.9 Å². The van der Waals surface area contributed by atoms with Crippen LogP contribution < -0.4 is 4.90 Å². The normalized spacial score (nSPS) is 16.6. The zero-order valence-electron chi connectivity index (χ0n) is 9.69. The van der Waals surface area contributed by atoms with Crippen LogP contribution in [-0.4, -0.2) is 43.1 Å². The highest BCUT2D eigenvalue weighted by Gasteiger charge is 2.12. The Balaban J connectivity index is 1.85. The van der Waals surface area contributed by atoms with Gasteiger partial charge in [-0.15, -0.1) is 0 Å². The number of hydrogen-bond donors (Lipinski definition) is 0. The summed E-state index contributed by atoms with van der Waals surface area (Å²) in [5.41, 5.74) is 0.895. The second-order valence-electron chi connectivity index (χ2n) is 4.31. The van der Waals surface area contributed by atoms with Gasteiger partial charge in [-0.1, -0.05) is 0 Å². The molecule has 1 aromatic rings. The maximum atomic E-state index is 12.9. The van der Waals surface area contributed by atoms with Crippen LogP contribution in [0, 0.1) is 5.95 Å². The van der Waals surface area contributed by atoms with Crippen LogP contribution in [0.3, 0.4) is 0 Å². The molecule has 0 spiro atoms. The maximum Gasteiger partial charge on any atom is 0.214 e. The van der Waals surface area contributed by atoms with E-state index >= 15 is 0 Å². The van der Waals surface area contributed by atoms with E-state index in [-0.39, 0.29) is 0 Å². The van der Waals surface area contributed by atoms with E-state index in [1.807, 2.05) is 13.1 Å². The predicted molar refractivity (Wildman–Crippen MR) is 63.1 cm³/mol. The largest absolute Gasteiger partial charge is 0.373 e. The van der Waals surface area contributed by atoms with Gasteiger partial charge in [0.25, 0.3) is 0 Å². The predicted octanol–water partition coefficient (Wildman–Crippen LogP) is 1.75. The molecule has 0 aromatic carbocycles. The zero-order valence-corrected chi connectivity index (χ0v) is 9.69. The molecule has 0 N–H and O–H groups in total. The van der Waals surface area contributed by atoms with Crippen LogP contribution in [0.2, 0.25) is 0 Å². The smallest absolute Gasteiger partial charge is 0.214 e. The fourth-order valence-electron chi connectivity index (χ4n) is 2.06. The van der Waals surface area contributed by atoms with Crippen LogP contribution in [0.4, 0.5) is 10.1 Å². The van der Waals surface area contributed by atoms with Crippen molar-refractivity contribution in [1.29, 1.82) is 0 Å². The standard InChI is InChI=1S/C12H18FN3/c1-15(8-9-16-6-2-3-7-16)11-4-5-14-12(13)10-11/h4-5,10H,2-3,6-9H2,1H3. The van der Waals surface area contributed by atoms with Crippen molar-refractivity contribution in [1.82, 2.24) is 9.88 Å². The molecule has 2 heterocycles. The Morgan fingerprint density at radius 3 is 2.88 bits per heavy atom. The summed E-state index contributed by atoms with van der Waals surface area (Å²) in [5, 5.41) is 0. The first-order chi connectivity index (χ1) is 7.75. The second kappa shape index (κ2) is 5.25. The van der Waals surface area contributed by atoms with Crippen molar-refractivity contribution in [3.05, 3.63) is 24.3 Å². The number of likely N-dealkylation sites (tertiary alicyclic amines) is 1.